The van der Waals surface area contributed by atoms with Gasteiger partial charge >= 0.3 is 0 Å². The molecule has 2 aliphatic rings. The van der Waals surface area contributed by atoms with Crippen molar-refractivity contribution in [3.63, 3.8) is 0 Å². The minimum atomic E-state index is -0.353. The van der Waals surface area contributed by atoms with E-state index in [9.17, 15) is 4.79 Å². The molecule has 2 saturated heterocycles. The normalized spacial score (nSPS) is 21.9. The molecule has 1 unspecified atom stereocenters. The molecule has 7 nitrogen and oxygen atoms in total. The number of nitrogens with zero attached hydrogens (tertiary/aromatic N) is 2. The number of hydrogen-bond donors (Lipinski definition) is 2. The number of ether oxygens (including phenoxy) is 1. The molecule has 0 saturated carbocycles. The van der Waals surface area contributed by atoms with Crippen LogP contribution in [0.3, 0.4) is 0 Å². The maximum atomic E-state index is 11.9. The minimum Gasteiger partial charge on any atom is -0.380 e. The number of hydroxylamine groups is 1. The van der Waals surface area contributed by atoms with Gasteiger partial charge in [-0.15, -0.1) is 0 Å². The molecule has 1 aromatic heterocycles. The van der Waals surface area contributed by atoms with Crippen LogP contribution in [0.25, 0.3) is 6.08 Å². The number of carbonyl (C=O) groups is 1. The highest BCUT2D eigenvalue weighted by molar-refractivity contribution is 5.90. The lowest BCUT2D eigenvalue weighted by atomic mass is 10.2. The van der Waals surface area contributed by atoms with Gasteiger partial charge in [0.25, 0.3) is 5.91 Å². The van der Waals surface area contributed by atoms with E-state index in [2.05, 4.69) is 51.0 Å². The Labute approximate surface area is 183 Å². The summed E-state index contributed by atoms with van der Waals surface area (Å²) in [7, 11) is 0. The largest absolute Gasteiger partial charge is 0.380 e. The number of carbonyl (C=O) groups excluding carboxylic acids is 1. The van der Waals surface area contributed by atoms with Gasteiger partial charge in [0, 0.05) is 44.8 Å². The highest BCUT2D eigenvalue weighted by Crippen LogP contribution is 2.18. The fourth-order valence-corrected chi connectivity index (χ4v) is 3.88. The van der Waals surface area contributed by atoms with Crippen LogP contribution >= 0.6 is 0 Å². The quantitative estimate of drug-likeness (QED) is 0.502. The van der Waals surface area contributed by atoms with Crippen LogP contribution in [0.4, 0.5) is 5.69 Å². The number of pyridine rings is 1. The van der Waals surface area contributed by atoms with Gasteiger partial charge in [-0.1, -0.05) is 30.3 Å². The Hall–Kier alpha value is -2.74. The highest BCUT2D eigenvalue weighted by Gasteiger charge is 2.22. The number of anilines is 1. The molecule has 7 heteroatoms. The van der Waals surface area contributed by atoms with Gasteiger partial charge in [-0.25, -0.2) is 10.3 Å². The first kappa shape index (κ1) is 21.5. The summed E-state index contributed by atoms with van der Waals surface area (Å²) in [6.45, 7) is 3.76. The molecular formula is C24H30N4O3. The third kappa shape index (κ3) is 6.89. The van der Waals surface area contributed by atoms with Crippen LogP contribution in [0.15, 0.2) is 54.7 Å². The predicted octanol–water partition coefficient (Wildman–Crippen LogP) is 3.36. The molecule has 2 N–H and O–H groups in total. The number of likely N-dealkylation sites (tertiary alicyclic amines) is 1. The van der Waals surface area contributed by atoms with Crippen molar-refractivity contribution in [2.24, 2.45) is 0 Å². The lowest BCUT2D eigenvalue weighted by Crippen LogP contribution is -2.32. The van der Waals surface area contributed by atoms with Crippen molar-refractivity contribution in [1.29, 1.82) is 0 Å². The average Bonchev–Trinajstić information content (AvgIpc) is 3.25. The predicted molar refractivity (Wildman–Crippen MR) is 120 cm³/mol. The van der Waals surface area contributed by atoms with Crippen LogP contribution in [-0.2, 0) is 20.9 Å². The Bertz CT molecular complexity index is 851. The zero-order valence-electron chi connectivity index (χ0n) is 17.7. The summed E-state index contributed by atoms with van der Waals surface area (Å²) in [4.78, 5) is 24.0. The maximum absolute atomic E-state index is 11.9. The second-order valence-corrected chi connectivity index (χ2v) is 8.04. The first-order valence-electron chi connectivity index (χ1n) is 11.0. The van der Waals surface area contributed by atoms with Crippen molar-refractivity contribution < 1.29 is 14.4 Å². The topological polar surface area (TPSA) is 75.7 Å². The van der Waals surface area contributed by atoms with E-state index in [1.165, 1.54) is 11.6 Å². The lowest BCUT2D eigenvalue weighted by molar-refractivity contribution is -0.198. The van der Waals surface area contributed by atoms with Crippen molar-refractivity contribution in [1.82, 2.24) is 15.4 Å². The standard InChI is InChI=1S/C24H30N4O3/c29-23(27-31-24-8-4-5-15-30-24)12-11-20-9-10-21(16-25-20)26-22-13-14-28(18-22)17-19-6-2-1-3-7-19/h1-3,6-7,9-12,16,22,24,26H,4-5,8,13-15,17-18H2,(H,27,29)/b12-11+/t22-,24?/m1/s1. The number of nitrogens with one attached hydrogen (secondary N) is 2. The monoisotopic (exact) mass is 422 g/mol. The van der Waals surface area contributed by atoms with Gasteiger partial charge < -0.3 is 10.1 Å². The van der Waals surface area contributed by atoms with Gasteiger partial charge in [0.15, 0.2) is 6.29 Å². The first-order valence-corrected chi connectivity index (χ1v) is 11.0. The summed E-state index contributed by atoms with van der Waals surface area (Å²) >= 11 is 0. The minimum absolute atomic E-state index is 0.331. The summed E-state index contributed by atoms with van der Waals surface area (Å²) in [5.41, 5.74) is 5.46. The van der Waals surface area contributed by atoms with Crippen LogP contribution in [0.1, 0.15) is 36.9 Å². The molecule has 3 heterocycles. The summed E-state index contributed by atoms with van der Waals surface area (Å²) in [5.74, 6) is -0.331. The third-order valence-electron chi connectivity index (χ3n) is 5.51. The molecule has 2 aliphatic heterocycles. The van der Waals surface area contributed by atoms with Crippen molar-refractivity contribution in [3.05, 3.63) is 66.0 Å². The number of hydrogen-bond acceptors (Lipinski definition) is 6. The maximum Gasteiger partial charge on any atom is 0.267 e. The molecule has 2 atom stereocenters. The van der Waals surface area contributed by atoms with Crippen LogP contribution in [0, 0.1) is 0 Å². The summed E-state index contributed by atoms with van der Waals surface area (Å²) in [5, 5.41) is 3.56. The van der Waals surface area contributed by atoms with Crippen molar-refractivity contribution >= 4 is 17.7 Å². The molecule has 31 heavy (non-hydrogen) atoms. The molecule has 4 rings (SSSR count). The number of rotatable bonds is 8. The second-order valence-electron chi connectivity index (χ2n) is 8.04. The van der Waals surface area contributed by atoms with Gasteiger partial charge in [-0.3, -0.25) is 14.7 Å². The van der Waals surface area contributed by atoms with Gasteiger partial charge in [-0.2, -0.15) is 0 Å². The molecule has 164 valence electrons. The second kappa shape index (κ2) is 11.0. The van der Waals surface area contributed by atoms with E-state index in [1.54, 1.807) is 6.08 Å². The summed E-state index contributed by atoms with van der Waals surface area (Å²) in [6.07, 6.45) is 8.53. The molecule has 2 fully saturated rings. The van der Waals surface area contributed by atoms with E-state index in [-0.39, 0.29) is 12.2 Å². The fourth-order valence-electron chi connectivity index (χ4n) is 3.88. The van der Waals surface area contributed by atoms with E-state index in [1.807, 2.05) is 18.3 Å². The van der Waals surface area contributed by atoms with Crippen LogP contribution in [0.2, 0.25) is 0 Å². The van der Waals surface area contributed by atoms with Gasteiger partial charge in [0.2, 0.25) is 0 Å². The Morgan fingerprint density at radius 2 is 2.10 bits per heavy atom. The Balaban J connectivity index is 1.19. The lowest BCUT2D eigenvalue weighted by Gasteiger charge is -2.21. The van der Waals surface area contributed by atoms with Gasteiger partial charge in [0.05, 0.1) is 17.6 Å². The van der Waals surface area contributed by atoms with E-state index >= 15 is 0 Å². The fraction of sp³-hybridized carbons (Fsp3) is 0.417. The third-order valence-corrected chi connectivity index (χ3v) is 5.51. The molecule has 1 amide bonds. The van der Waals surface area contributed by atoms with Crippen molar-refractivity contribution in [2.75, 3.05) is 25.0 Å². The Morgan fingerprint density at radius 1 is 1.19 bits per heavy atom. The summed E-state index contributed by atoms with van der Waals surface area (Å²) in [6, 6.07) is 14.9. The van der Waals surface area contributed by atoms with Crippen LogP contribution in [0.5, 0.6) is 0 Å². The number of benzene rings is 1. The van der Waals surface area contributed by atoms with Gasteiger partial charge in [0.1, 0.15) is 0 Å². The van der Waals surface area contributed by atoms with Crippen LogP contribution in [-0.4, -0.2) is 47.8 Å². The van der Waals surface area contributed by atoms with Gasteiger partial charge in [-0.05, 0) is 43.0 Å². The zero-order chi connectivity index (χ0) is 21.3. The van der Waals surface area contributed by atoms with E-state index in [4.69, 9.17) is 9.57 Å². The van der Waals surface area contributed by atoms with E-state index in [0.717, 1.165) is 51.0 Å². The Morgan fingerprint density at radius 3 is 2.87 bits per heavy atom. The van der Waals surface area contributed by atoms with Crippen LogP contribution < -0.4 is 10.8 Å². The number of amides is 1. The molecule has 0 aliphatic carbocycles. The number of aromatic nitrogens is 1. The van der Waals surface area contributed by atoms with E-state index in [0.29, 0.717) is 18.3 Å². The molecule has 0 radical (unpaired) electrons. The summed E-state index contributed by atoms with van der Waals surface area (Å²) < 4.78 is 5.41. The first-order chi connectivity index (χ1) is 15.2. The molecule has 0 bridgehead atoms. The van der Waals surface area contributed by atoms with Crippen molar-refractivity contribution in [2.45, 2.75) is 44.6 Å². The molecule has 2 aromatic rings. The smallest absolute Gasteiger partial charge is 0.267 e. The van der Waals surface area contributed by atoms with E-state index < -0.39 is 0 Å². The van der Waals surface area contributed by atoms with Crippen molar-refractivity contribution in [3.8, 4) is 0 Å². The SMILES string of the molecule is O=C(/C=C/c1ccc(N[C@@H]2CCN(Cc3ccccc3)C2)cn1)NOC1CCCCO1. The zero-order valence-corrected chi connectivity index (χ0v) is 17.7. The average molecular weight is 423 g/mol. The highest BCUT2D eigenvalue weighted by atomic mass is 16.8. The molecular weight excluding hydrogens is 392 g/mol. The molecule has 1 aromatic carbocycles. The molecule has 0 spiro atoms. The Kier molecular flexibility index (Phi) is 7.65.